The lowest BCUT2D eigenvalue weighted by molar-refractivity contribution is -0.140. The molecule has 0 saturated heterocycles. The topological polar surface area (TPSA) is 96.0 Å². The molecule has 0 radical (unpaired) electrons. The third kappa shape index (κ3) is 9.66. The maximum absolute atomic E-state index is 14.6. The molecule has 4 rings (SSSR count). The molecule has 4 aromatic rings. The molecule has 0 fully saturated rings. The molecule has 0 heterocycles. The van der Waals surface area contributed by atoms with Gasteiger partial charge in [0.15, 0.2) is 0 Å². The third-order valence-electron chi connectivity index (χ3n) is 7.46. The molecule has 8 nitrogen and oxygen atoms in total. The summed E-state index contributed by atoms with van der Waals surface area (Å²) in [7, 11) is -4.31. The standard InChI is InChI=1S/C36H38Cl3N3O5S/c1-4-47-29-17-15-28(16-18-29)42(48(45,46)30-19-13-27(37)14-20-30)24-35(43)41(23-31-32(38)11-8-12-33(31)39)34(36(44)40-22-25(2)3)21-26-9-6-5-7-10-26/h5-20,25,34H,4,21-24H2,1-3H3,(H,40,44)/t34-/m0/s1. The van der Waals surface area contributed by atoms with Gasteiger partial charge in [0.1, 0.15) is 18.3 Å². The first-order valence-corrected chi connectivity index (χ1v) is 18.0. The molecule has 4 aromatic carbocycles. The van der Waals surface area contributed by atoms with Gasteiger partial charge in [0, 0.05) is 40.1 Å². The van der Waals surface area contributed by atoms with Crippen molar-refractivity contribution in [1.29, 1.82) is 0 Å². The Balaban J connectivity index is 1.83. The van der Waals surface area contributed by atoms with Crippen LogP contribution in [-0.2, 0) is 32.6 Å². The Hall–Kier alpha value is -3.76. The summed E-state index contributed by atoms with van der Waals surface area (Å²) in [5.41, 5.74) is 1.46. The molecular weight excluding hydrogens is 693 g/mol. The van der Waals surface area contributed by atoms with E-state index in [2.05, 4.69) is 5.32 Å². The first-order chi connectivity index (χ1) is 22.9. The second-order valence-electron chi connectivity index (χ2n) is 11.5. The van der Waals surface area contributed by atoms with Crippen molar-refractivity contribution in [2.45, 2.75) is 44.7 Å². The predicted octanol–water partition coefficient (Wildman–Crippen LogP) is 7.65. The van der Waals surface area contributed by atoms with E-state index in [1.54, 1.807) is 42.5 Å². The maximum atomic E-state index is 14.6. The van der Waals surface area contributed by atoms with E-state index in [-0.39, 0.29) is 29.5 Å². The quantitative estimate of drug-likeness (QED) is 0.136. The molecule has 1 N–H and O–H groups in total. The van der Waals surface area contributed by atoms with Gasteiger partial charge in [-0.1, -0.05) is 85.0 Å². The summed E-state index contributed by atoms with van der Waals surface area (Å²) in [4.78, 5) is 29.9. The number of sulfonamides is 1. The largest absolute Gasteiger partial charge is 0.494 e. The fourth-order valence-corrected chi connectivity index (χ4v) is 7.03. The number of carbonyl (C=O) groups excluding carboxylic acids is 2. The van der Waals surface area contributed by atoms with Crippen molar-refractivity contribution in [2.75, 3.05) is 24.0 Å². The van der Waals surface area contributed by atoms with Gasteiger partial charge < -0.3 is 15.0 Å². The number of hydrogen-bond acceptors (Lipinski definition) is 5. The van der Waals surface area contributed by atoms with Gasteiger partial charge in [-0.3, -0.25) is 13.9 Å². The van der Waals surface area contributed by atoms with Gasteiger partial charge in [-0.25, -0.2) is 8.42 Å². The van der Waals surface area contributed by atoms with Crippen LogP contribution in [0.2, 0.25) is 15.1 Å². The van der Waals surface area contributed by atoms with Crippen molar-refractivity contribution in [3.05, 3.63) is 123 Å². The van der Waals surface area contributed by atoms with Gasteiger partial charge in [-0.2, -0.15) is 0 Å². The van der Waals surface area contributed by atoms with Crippen LogP contribution in [0.4, 0.5) is 5.69 Å². The van der Waals surface area contributed by atoms with Crippen LogP contribution in [-0.4, -0.2) is 50.9 Å². The van der Waals surface area contributed by atoms with Crippen molar-refractivity contribution >= 4 is 62.3 Å². The molecule has 254 valence electrons. The zero-order chi connectivity index (χ0) is 34.8. The third-order valence-corrected chi connectivity index (χ3v) is 10.2. The lowest BCUT2D eigenvalue weighted by atomic mass is 10.0. The van der Waals surface area contributed by atoms with E-state index >= 15 is 0 Å². The number of hydrogen-bond donors (Lipinski definition) is 1. The maximum Gasteiger partial charge on any atom is 0.264 e. The number of nitrogens with zero attached hydrogens (tertiary/aromatic N) is 2. The minimum absolute atomic E-state index is 0.0650. The fraction of sp³-hybridized carbons (Fsp3) is 0.278. The predicted molar refractivity (Wildman–Crippen MR) is 192 cm³/mol. The molecule has 0 aliphatic carbocycles. The van der Waals surface area contributed by atoms with Crippen LogP contribution >= 0.6 is 34.8 Å². The highest BCUT2D eigenvalue weighted by atomic mass is 35.5. The highest BCUT2D eigenvalue weighted by Crippen LogP contribution is 2.30. The zero-order valence-corrected chi connectivity index (χ0v) is 30.0. The Morgan fingerprint density at radius 2 is 1.46 bits per heavy atom. The Labute approximate surface area is 297 Å². The summed E-state index contributed by atoms with van der Waals surface area (Å²) in [5.74, 6) is -0.348. The van der Waals surface area contributed by atoms with Crippen LogP contribution in [0.1, 0.15) is 31.9 Å². The first kappa shape index (κ1) is 37.1. The lowest BCUT2D eigenvalue weighted by Gasteiger charge is -2.34. The van der Waals surface area contributed by atoms with Crippen molar-refractivity contribution < 1.29 is 22.7 Å². The molecule has 0 saturated carbocycles. The summed E-state index contributed by atoms with van der Waals surface area (Å²) < 4.78 is 35.0. The van der Waals surface area contributed by atoms with Crippen LogP contribution in [0, 0.1) is 5.92 Å². The highest BCUT2D eigenvalue weighted by Gasteiger charge is 2.35. The Kier molecular flexibility index (Phi) is 13.2. The smallest absolute Gasteiger partial charge is 0.264 e. The summed E-state index contributed by atoms with van der Waals surface area (Å²) in [5, 5.41) is 3.93. The van der Waals surface area contributed by atoms with Gasteiger partial charge >= 0.3 is 0 Å². The van der Waals surface area contributed by atoms with Crippen LogP contribution in [0.25, 0.3) is 0 Å². The second kappa shape index (κ2) is 17.1. The van der Waals surface area contributed by atoms with E-state index in [0.717, 1.165) is 9.87 Å². The molecule has 2 amide bonds. The van der Waals surface area contributed by atoms with E-state index in [4.69, 9.17) is 39.5 Å². The van der Waals surface area contributed by atoms with Gasteiger partial charge in [-0.15, -0.1) is 0 Å². The minimum Gasteiger partial charge on any atom is -0.494 e. The van der Waals surface area contributed by atoms with Crippen LogP contribution in [0.3, 0.4) is 0 Å². The molecule has 48 heavy (non-hydrogen) atoms. The van der Waals surface area contributed by atoms with E-state index in [1.807, 2.05) is 51.1 Å². The number of halogens is 3. The molecule has 0 aliphatic heterocycles. The molecule has 0 spiro atoms. The van der Waals surface area contributed by atoms with Crippen LogP contribution < -0.4 is 14.4 Å². The molecule has 12 heteroatoms. The van der Waals surface area contributed by atoms with E-state index in [9.17, 15) is 18.0 Å². The molecule has 0 bridgehead atoms. The van der Waals surface area contributed by atoms with E-state index in [0.29, 0.717) is 39.5 Å². The molecule has 0 unspecified atom stereocenters. The highest BCUT2D eigenvalue weighted by molar-refractivity contribution is 7.92. The summed E-state index contributed by atoms with van der Waals surface area (Å²) in [6.45, 7) is 5.79. The minimum atomic E-state index is -4.31. The molecule has 1 atom stereocenters. The lowest BCUT2D eigenvalue weighted by Crippen LogP contribution is -2.53. The molecular formula is C36H38Cl3N3O5S. The van der Waals surface area contributed by atoms with E-state index in [1.165, 1.54) is 29.2 Å². The van der Waals surface area contributed by atoms with Crippen molar-refractivity contribution in [2.24, 2.45) is 5.92 Å². The number of carbonyl (C=O) groups is 2. The van der Waals surface area contributed by atoms with Crippen molar-refractivity contribution in [3.63, 3.8) is 0 Å². The molecule has 0 aromatic heterocycles. The Bertz CT molecular complexity index is 1770. The number of amides is 2. The number of ether oxygens (including phenoxy) is 1. The average molecular weight is 731 g/mol. The van der Waals surface area contributed by atoms with Crippen molar-refractivity contribution in [3.8, 4) is 5.75 Å². The summed E-state index contributed by atoms with van der Waals surface area (Å²) in [6, 6.07) is 25.3. The van der Waals surface area contributed by atoms with Crippen molar-refractivity contribution in [1.82, 2.24) is 10.2 Å². The monoisotopic (exact) mass is 729 g/mol. The van der Waals surface area contributed by atoms with E-state index < -0.39 is 34.4 Å². The Morgan fingerprint density at radius 1 is 0.833 bits per heavy atom. The number of benzene rings is 4. The summed E-state index contributed by atoms with van der Waals surface area (Å²) in [6.07, 6.45) is 0.158. The van der Waals surface area contributed by atoms with Gasteiger partial charge in [-0.05, 0) is 79.1 Å². The first-order valence-electron chi connectivity index (χ1n) is 15.5. The Morgan fingerprint density at radius 3 is 2.04 bits per heavy atom. The fourth-order valence-electron chi connectivity index (χ4n) is 4.97. The SMILES string of the molecule is CCOc1ccc(N(CC(=O)N(Cc2c(Cl)cccc2Cl)[C@@H](Cc2ccccc2)C(=O)NCC(C)C)S(=O)(=O)c2ccc(Cl)cc2)cc1. The summed E-state index contributed by atoms with van der Waals surface area (Å²) >= 11 is 19.2. The van der Waals surface area contributed by atoms with Gasteiger partial charge in [0.25, 0.3) is 10.0 Å². The second-order valence-corrected chi connectivity index (χ2v) is 14.6. The normalized spacial score (nSPS) is 12.0. The van der Waals surface area contributed by atoms with Crippen LogP contribution in [0.5, 0.6) is 5.75 Å². The van der Waals surface area contributed by atoms with Gasteiger partial charge in [0.05, 0.1) is 17.2 Å². The molecule has 0 aliphatic rings. The van der Waals surface area contributed by atoms with Gasteiger partial charge in [0.2, 0.25) is 11.8 Å². The number of nitrogens with one attached hydrogen (secondary N) is 1. The number of anilines is 1. The number of rotatable bonds is 15. The zero-order valence-electron chi connectivity index (χ0n) is 26.9. The average Bonchev–Trinajstić information content (AvgIpc) is 3.06. The van der Waals surface area contributed by atoms with Crippen LogP contribution in [0.15, 0.2) is 102 Å².